The van der Waals surface area contributed by atoms with Crippen molar-refractivity contribution >= 4 is 22.1 Å². The van der Waals surface area contributed by atoms with Gasteiger partial charge in [0.05, 0.1) is 42.7 Å². The van der Waals surface area contributed by atoms with Gasteiger partial charge in [0.15, 0.2) is 11.3 Å². The van der Waals surface area contributed by atoms with Crippen molar-refractivity contribution in [2.24, 2.45) is 0 Å². The molecular weight excluding hydrogens is 536 g/mol. The van der Waals surface area contributed by atoms with Gasteiger partial charge in [0.25, 0.3) is 0 Å². The van der Waals surface area contributed by atoms with Crippen LogP contribution in [0.25, 0.3) is 22.1 Å². The standard InChI is InChI=1S/C33H46N10/c1-3-5-28-10-6-26-7-12-30(40-32(26)39-28)24-37-18-21-43(20-4-2)22-19-38-25-31-13-9-27-8-11-29(41-33(27)42-31)23-36-17-16-35-15-14-34/h6-13,35-38H,1-2,4-5,14-25,34H2/q+2/p+4. The van der Waals surface area contributed by atoms with Crippen LogP contribution in [-0.4, -0.2) is 83.7 Å². The second-order valence-electron chi connectivity index (χ2n) is 10.9. The first-order valence-electron chi connectivity index (χ1n) is 15.7. The van der Waals surface area contributed by atoms with Crippen LogP contribution in [0.1, 0.15) is 29.2 Å². The third kappa shape index (κ3) is 10.9. The molecule has 4 aromatic rings. The summed E-state index contributed by atoms with van der Waals surface area (Å²) in [5, 5.41) is 12.7. The number of nitrogens with one attached hydrogen (secondary N) is 1. The van der Waals surface area contributed by atoms with Crippen LogP contribution in [-0.2, 0) is 26.1 Å². The quantitative estimate of drug-likeness (QED) is 0.0585. The van der Waals surface area contributed by atoms with E-state index < -0.39 is 0 Å². The Labute approximate surface area is 256 Å². The first-order chi connectivity index (χ1) is 21.2. The van der Waals surface area contributed by atoms with Gasteiger partial charge in [-0.25, -0.2) is 19.9 Å². The molecule has 0 saturated carbocycles. The Balaban J connectivity index is 1.17. The van der Waals surface area contributed by atoms with Crippen molar-refractivity contribution in [3.8, 4) is 0 Å². The fourth-order valence-corrected chi connectivity index (χ4v) is 5.02. The first kappa shape index (κ1) is 32.3. The summed E-state index contributed by atoms with van der Waals surface area (Å²) >= 11 is 0. The Morgan fingerprint density at radius 2 is 1.30 bits per heavy atom. The number of hydrogen-bond donors (Lipinski definition) is 5. The zero-order valence-electron chi connectivity index (χ0n) is 25.6. The molecule has 4 heterocycles. The van der Waals surface area contributed by atoms with Gasteiger partial charge in [-0.15, -0.1) is 0 Å². The zero-order chi connectivity index (χ0) is 30.1. The molecule has 0 amide bonds. The third-order valence-corrected chi connectivity index (χ3v) is 7.37. The number of fused-ring (bicyclic) bond motifs is 2. The molecule has 43 heavy (non-hydrogen) atoms. The topological polar surface area (TPSA) is 144 Å². The van der Waals surface area contributed by atoms with Gasteiger partial charge in [0.1, 0.15) is 45.8 Å². The number of quaternary nitrogens is 4. The number of rotatable bonds is 21. The minimum atomic E-state index is 0.632. The van der Waals surface area contributed by atoms with Crippen molar-refractivity contribution < 1.29 is 21.7 Å². The van der Waals surface area contributed by atoms with Crippen molar-refractivity contribution in [2.45, 2.75) is 32.5 Å². The molecule has 0 atom stereocenters. The number of nitrogens with two attached hydrogens (primary N) is 3. The van der Waals surface area contributed by atoms with Crippen LogP contribution in [0.2, 0.25) is 0 Å². The smallest absolute Gasteiger partial charge is 0.221 e. The van der Waals surface area contributed by atoms with Crippen LogP contribution in [0.15, 0.2) is 55.1 Å². The van der Waals surface area contributed by atoms with Gasteiger partial charge in [-0.2, -0.15) is 0 Å². The molecule has 0 bridgehead atoms. The highest BCUT2D eigenvalue weighted by atomic mass is 15.1. The minimum Gasteiger partial charge on any atom is -0.353 e. The molecular formula is C33H50N10+6. The Morgan fingerprint density at radius 1 is 0.721 bits per heavy atom. The van der Waals surface area contributed by atoms with Crippen molar-refractivity contribution in [3.05, 3.63) is 90.9 Å². The van der Waals surface area contributed by atoms with Gasteiger partial charge in [-0.3, -0.25) is 4.90 Å². The molecule has 0 fully saturated rings. The number of allylic oxidation sites excluding steroid dienone is 1. The molecule has 0 radical (unpaired) electrons. The molecule has 226 valence electrons. The summed E-state index contributed by atoms with van der Waals surface area (Å²) in [5.41, 5.74) is 9.61. The summed E-state index contributed by atoms with van der Waals surface area (Å²) in [4.78, 5) is 21.5. The summed E-state index contributed by atoms with van der Waals surface area (Å²) in [6, 6.07) is 16.7. The van der Waals surface area contributed by atoms with Gasteiger partial charge in [-0.1, -0.05) is 0 Å². The number of nitrogens with zero attached hydrogens (tertiary/aromatic N) is 5. The maximum absolute atomic E-state index is 4.86. The lowest BCUT2D eigenvalue weighted by Crippen LogP contribution is -2.95. The lowest BCUT2D eigenvalue weighted by Gasteiger charge is -2.19. The number of aromatic nitrogens is 4. The minimum absolute atomic E-state index is 0.632. The molecule has 0 aromatic carbocycles. The van der Waals surface area contributed by atoms with E-state index in [9.17, 15) is 0 Å². The lowest BCUT2D eigenvalue weighted by atomic mass is 10.2. The van der Waals surface area contributed by atoms with E-state index in [0.717, 1.165) is 130 Å². The van der Waals surface area contributed by atoms with E-state index in [1.807, 2.05) is 6.07 Å². The number of hydrogen-bond acceptors (Lipinski definition) is 6. The molecule has 10 nitrogen and oxygen atoms in total. The number of pyridine rings is 4. The molecule has 4 rings (SSSR count). The Bertz CT molecular complexity index is 1410. The van der Waals surface area contributed by atoms with Crippen molar-refractivity contribution in [1.82, 2.24) is 30.2 Å². The van der Waals surface area contributed by atoms with E-state index in [0.29, 0.717) is 6.42 Å². The highest BCUT2D eigenvalue weighted by Crippen LogP contribution is 2.12. The van der Waals surface area contributed by atoms with Gasteiger partial charge in [-0.05, 0) is 48.5 Å². The zero-order valence-corrected chi connectivity index (χ0v) is 25.6. The van der Waals surface area contributed by atoms with E-state index in [2.05, 4.69) is 98.9 Å². The highest BCUT2D eigenvalue weighted by Gasteiger charge is 2.09. The largest absolute Gasteiger partial charge is 0.353 e. The molecule has 0 aliphatic heterocycles. The molecule has 0 saturated heterocycles. The summed E-state index contributed by atoms with van der Waals surface area (Å²) in [7, 11) is 0. The van der Waals surface area contributed by atoms with E-state index in [1.165, 1.54) is 0 Å². The van der Waals surface area contributed by atoms with Gasteiger partial charge in [0.2, 0.25) is 12.5 Å². The average molecular weight is 587 g/mol. The Hall–Kier alpha value is -3.60. The van der Waals surface area contributed by atoms with Gasteiger partial charge < -0.3 is 27.0 Å². The summed E-state index contributed by atoms with van der Waals surface area (Å²) in [6.07, 6.45) is 4.43. The molecule has 0 aliphatic rings. The predicted molar refractivity (Wildman–Crippen MR) is 170 cm³/mol. The van der Waals surface area contributed by atoms with Crippen LogP contribution >= 0.6 is 0 Å². The van der Waals surface area contributed by atoms with Gasteiger partial charge in [0, 0.05) is 43.5 Å². The van der Waals surface area contributed by atoms with E-state index in [1.54, 1.807) is 0 Å². The maximum Gasteiger partial charge on any atom is 0.221 e. The molecule has 0 unspecified atom stereocenters. The monoisotopic (exact) mass is 586 g/mol. The van der Waals surface area contributed by atoms with Crippen LogP contribution in [0.5, 0.6) is 0 Å². The van der Waals surface area contributed by atoms with Crippen LogP contribution in [0.3, 0.4) is 0 Å². The van der Waals surface area contributed by atoms with Crippen LogP contribution in [0, 0.1) is 13.0 Å². The van der Waals surface area contributed by atoms with E-state index in [-0.39, 0.29) is 0 Å². The van der Waals surface area contributed by atoms with E-state index >= 15 is 0 Å². The normalized spacial score (nSPS) is 11.5. The van der Waals surface area contributed by atoms with Crippen molar-refractivity contribution in [2.75, 3.05) is 58.9 Å². The van der Waals surface area contributed by atoms with Crippen molar-refractivity contribution in [3.63, 3.8) is 0 Å². The first-order valence-corrected chi connectivity index (χ1v) is 15.7. The van der Waals surface area contributed by atoms with Crippen LogP contribution < -0.4 is 27.0 Å². The summed E-state index contributed by atoms with van der Waals surface area (Å²) in [6.45, 7) is 19.4. The highest BCUT2D eigenvalue weighted by molar-refractivity contribution is 5.75. The fraction of sp³-hybridized carbons (Fsp3) is 0.424. The van der Waals surface area contributed by atoms with Crippen LogP contribution in [0.4, 0.5) is 0 Å². The Kier molecular flexibility index (Phi) is 13.6. The average Bonchev–Trinajstić information content (AvgIpc) is 3.02. The second-order valence-corrected chi connectivity index (χ2v) is 10.9. The molecule has 10 N–H and O–H groups in total. The summed E-state index contributed by atoms with van der Waals surface area (Å²) in [5.74, 6) is 0. The third-order valence-electron chi connectivity index (χ3n) is 7.37. The van der Waals surface area contributed by atoms with E-state index in [4.69, 9.17) is 15.0 Å². The fourth-order valence-electron chi connectivity index (χ4n) is 5.02. The SMILES string of the molecule is C=[C+]Cc1ccc2ccc(CNCCN(CC[CH2+])CC[NH2+]Cc3ccc4ccc(C[NH2+]CC[NH2+]CC[NH3+])nc4n3)nc2n1. The molecule has 0 spiro atoms. The maximum atomic E-state index is 4.86. The second kappa shape index (κ2) is 18.1. The van der Waals surface area contributed by atoms with Gasteiger partial charge >= 0.3 is 0 Å². The Morgan fingerprint density at radius 3 is 1.95 bits per heavy atom. The summed E-state index contributed by atoms with van der Waals surface area (Å²) < 4.78 is 0. The lowest BCUT2D eigenvalue weighted by molar-refractivity contribution is -0.736. The molecule has 0 aliphatic carbocycles. The molecule has 10 heteroatoms. The predicted octanol–water partition coefficient (Wildman–Crippen LogP) is -1.65. The molecule has 4 aromatic heterocycles. The van der Waals surface area contributed by atoms with Crippen molar-refractivity contribution in [1.29, 1.82) is 0 Å².